The molecule has 19 heavy (non-hydrogen) atoms. The van der Waals surface area contributed by atoms with Gasteiger partial charge in [0.1, 0.15) is 0 Å². The summed E-state index contributed by atoms with van der Waals surface area (Å²) in [6.45, 7) is 18.3. The summed E-state index contributed by atoms with van der Waals surface area (Å²) in [5, 5.41) is 6.87. The van der Waals surface area contributed by atoms with Gasteiger partial charge in [-0.2, -0.15) is 0 Å². The summed E-state index contributed by atoms with van der Waals surface area (Å²) in [5.41, 5.74) is 6.07. The lowest BCUT2D eigenvalue weighted by atomic mass is 9.97. The second kappa shape index (κ2) is 8.20. The van der Waals surface area contributed by atoms with Gasteiger partial charge in [0.15, 0.2) is 0 Å². The molecule has 0 fully saturated rings. The van der Waals surface area contributed by atoms with Crippen LogP contribution < -0.4 is 16.4 Å². The summed E-state index contributed by atoms with van der Waals surface area (Å²) in [6, 6.07) is 0.718. The molecule has 0 spiro atoms. The fraction of sp³-hybridized carbons (Fsp3) is 1.00. The van der Waals surface area contributed by atoms with Crippen LogP contribution in [0.4, 0.5) is 0 Å². The van der Waals surface area contributed by atoms with Crippen molar-refractivity contribution in [2.24, 2.45) is 11.1 Å². The van der Waals surface area contributed by atoms with Gasteiger partial charge in [-0.1, -0.05) is 20.8 Å². The minimum absolute atomic E-state index is 0.171. The van der Waals surface area contributed by atoms with Gasteiger partial charge in [0.25, 0.3) is 0 Å². The molecule has 4 N–H and O–H groups in total. The molecule has 0 rings (SSSR count). The molecule has 116 valence electrons. The highest BCUT2D eigenvalue weighted by atomic mass is 16.5. The Morgan fingerprint density at radius 3 is 1.68 bits per heavy atom. The zero-order valence-electron chi connectivity index (χ0n) is 14.0. The van der Waals surface area contributed by atoms with E-state index in [4.69, 9.17) is 10.5 Å². The first kappa shape index (κ1) is 18.8. The van der Waals surface area contributed by atoms with Crippen LogP contribution in [0.1, 0.15) is 48.5 Å². The van der Waals surface area contributed by atoms with Crippen molar-refractivity contribution in [1.29, 1.82) is 0 Å². The van der Waals surface area contributed by atoms with Crippen molar-refractivity contribution in [1.82, 2.24) is 10.6 Å². The van der Waals surface area contributed by atoms with Crippen molar-refractivity contribution in [2.75, 3.05) is 26.3 Å². The lowest BCUT2D eigenvalue weighted by Crippen LogP contribution is -2.47. The van der Waals surface area contributed by atoms with Crippen molar-refractivity contribution in [3.05, 3.63) is 0 Å². The van der Waals surface area contributed by atoms with Gasteiger partial charge < -0.3 is 21.1 Å². The van der Waals surface area contributed by atoms with Crippen LogP contribution in [0.15, 0.2) is 0 Å². The van der Waals surface area contributed by atoms with E-state index in [0.717, 1.165) is 26.3 Å². The summed E-state index contributed by atoms with van der Waals surface area (Å²) in [6.07, 6.45) is 0. The lowest BCUT2D eigenvalue weighted by Gasteiger charge is -2.24. The van der Waals surface area contributed by atoms with E-state index in [9.17, 15) is 0 Å². The minimum Gasteiger partial charge on any atom is -0.378 e. The molecule has 0 bridgehead atoms. The Hall–Kier alpha value is -0.160. The predicted molar refractivity (Wildman–Crippen MR) is 83.5 cm³/mol. The second-order valence-electron chi connectivity index (χ2n) is 7.65. The Morgan fingerprint density at radius 2 is 1.32 bits per heavy atom. The Labute approximate surface area is 119 Å². The smallest absolute Gasteiger partial charge is 0.0617 e. The van der Waals surface area contributed by atoms with Gasteiger partial charge in [0, 0.05) is 30.7 Å². The van der Waals surface area contributed by atoms with Gasteiger partial charge >= 0.3 is 0 Å². The topological polar surface area (TPSA) is 59.3 Å². The molecule has 0 aromatic heterocycles. The number of ether oxygens (including phenoxy) is 1. The molecule has 4 nitrogen and oxygen atoms in total. The third kappa shape index (κ3) is 14.1. The van der Waals surface area contributed by atoms with Crippen LogP contribution >= 0.6 is 0 Å². The average molecular weight is 273 g/mol. The summed E-state index contributed by atoms with van der Waals surface area (Å²) in [7, 11) is 0. The van der Waals surface area contributed by atoms with Crippen molar-refractivity contribution in [3.63, 3.8) is 0 Å². The second-order valence-corrected chi connectivity index (χ2v) is 7.65. The predicted octanol–water partition coefficient (Wildman–Crippen LogP) is 1.74. The summed E-state index contributed by atoms with van der Waals surface area (Å²) in [4.78, 5) is 0. The molecular formula is C15H35N3O. The van der Waals surface area contributed by atoms with Gasteiger partial charge in [-0.25, -0.2) is 0 Å². The van der Waals surface area contributed by atoms with E-state index in [1.54, 1.807) is 0 Å². The highest BCUT2D eigenvalue weighted by Gasteiger charge is 2.13. The Morgan fingerprint density at radius 1 is 0.895 bits per heavy atom. The maximum absolute atomic E-state index is 5.93. The zero-order chi connectivity index (χ0) is 15.1. The van der Waals surface area contributed by atoms with Gasteiger partial charge in [-0.15, -0.1) is 0 Å². The molecule has 0 saturated heterocycles. The van der Waals surface area contributed by atoms with Crippen LogP contribution in [-0.4, -0.2) is 43.9 Å². The Balaban J connectivity index is 3.61. The van der Waals surface area contributed by atoms with Gasteiger partial charge in [0.2, 0.25) is 0 Å². The van der Waals surface area contributed by atoms with Crippen LogP contribution in [0.25, 0.3) is 0 Å². The van der Waals surface area contributed by atoms with Crippen LogP contribution in [0.3, 0.4) is 0 Å². The third-order valence-electron chi connectivity index (χ3n) is 2.62. The molecule has 2 unspecified atom stereocenters. The van der Waals surface area contributed by atoms with E-state index < -0.39 is 0 Å². The fourth-order valence-corrected chi connectivity index (χ4v) is 1.46. The largest absolute Gasteiger partial charge is 0.378 e. The molecule has 0 aliphatic heterocycles. The molecule has 0 aromatic rings. The normalized spacial score (nSPS) is 16.4. The summed E-state index contributed by atoms with van der Waals surface area (Å²) < 4.78 is 5.72. The van der Waals surface area contributed by atoms with Gasteiger partial charge in [-0.3, -0.25) is 0 Å². The molecule has 0 aromatic carbocycles. The van der Waals surface area contributed by atoms with Crippen molar-refractivity contribution in [2.45, 2.75) is 66.1 Å². The van der Waals surface area contributed by atoms with Crippen LogP contribution in [-0.2, 0) is 4.74 Å². The number of hydrogen-bond acceptors (Lipinski definition) is 4. The summed E-state index contributed by atoms with van der Waals surface area (Å²) >= 11 is 0. The first-order valence-electron chi connectivity index (χ1n) is 7.33. The van der Waals surface area contributed by atoms with Gasteiger partial charge in [0.05, 0.1) is 13.2 Å². The van der Waals surface area contributed by atoms with Crippen molar-refractivity contribution >= 4 is 0 Å². The van der Waals surface area contributed by atoms with Crippen molar-refractivity contribution in [3.8, 4) is 0 Å². The average Bonchev–Trinajstić information content (AvgIpc) is 2.22. The Kier molecular flexibility index (Phi) is 8.13. The maximum atomic E-state index is 5.93. The highest BCUT2D eigenvalue weighted by Crippen LogP contribution is 2.10. The molecule has 2 atom stereocenters. The molecular weight excluding hydrogens is 238 g/mol. The monoisotopic (exact) mass is 273 g/mol. The van der Waals surface area contributed by atoms with Crippen LogP contribution in [0, 0.1) is 5.41 Å². The van der Waals surface area contributed by atoms with E-state index in [1.807, 2.05) is 13.8 Å². The summed E-state index contributed by atoms with van der Waals surface area (Å²) in [5.74, 6) is 0. The van der Waals surface area contributed by atoms with E-state index in [2.05, 4.69) is 45.3 Å². The van der Waals surface area contributed by atoms with E-state index in [-0.39, 0.29) is 5.54 Å². The first-order valence-corrected chi connectivity index (χ1v) is 7.33. The molecule has 0 aliphatic rings. The third-order valence-corrected chi connectivity index (χ3v) is 2.62. The number of hydrogen-bond donors (Lipinski definition) is 3. The standard InChI is InChI=1S/C15H35N3O/c1-12(17-10-14(3,4)5)8-19-9-13(2)18-11-15(6,7)16/h12-13,17-18H,8-11,16H2,1-7H3. The first-order chi connectivity index (χ1) is 8.49. The molecule has 0 heterocycles. The SMILES string of the molecule is CC(COCC(C)NCC(C)(C)N)NCC(C)(C)C. The quantitative estimate of drug-likeness (QED) is 0.599. The minimum atomic E-state index is -0.171. The Bertz CT molecular complexity index is 207. The van der Waals surface area contributed by atoms with E-state index in [1.165, 1.54) is 0 Å². The number of nitrogens with two attached hydrogens (primary N) is 1. The van der Waals surface area contributed by atoms with Crippen LogP contribution in [0.2, 0.25) is 0 Å². The van der Waals surface area contributed by atoms with Gasteiger partial charge in [-0.05, 0) is 33.1 Å². The van der Waals surface area contributed by atoms with Crippen LogP contribution in [0.5, 0.6) is 0 Å². The highest BCUT2D eigenvalue weighted by molar-refractivity contribution is 4.76. The van der Waals surface area contributed by atoms with E-state index >= 15 is 0 Å². The maximum Gasteiger partial charge on any atom is 0.0617 e. The fourth-order valence-electron chi connectivity index (χ4n) is 1.46. The molecule has 4 heteroatoms. The van der Waals surface area contributed by atoms with E-state index in [0.29, 0.717) is 17.5 Å². The number of rotatable bonds is 9. The molecule has 0 amide bonds. The molecule has 0 radical (unpaired) electrons. The molecule has 0 aliphatic carbocycles. The number of nitrogens with one attached hydrogen (secondary N) is 2. The zero-order valence-corrected chi connectivity index (χ0v) is 14.0. The lowest BCUT2D eigenvalue weighted by molar-refractivity contribution is 0.0956. The van der Waals surface area contributed by atoms with Crippen molar-refractivity contribution < 1.29 is 4.74 Å². The molecule has 0 saturated carbocycles.